The molecule has 5 nitrogen and oxygen atoms in total. The molecule has 5 rings (SSSR count). The van der Waals surface area contributed by atoms with Crippen LogP contribution in [0.1, 0.15) is 5.56 Å². The second-order valence-electron chi connectivity index (χ2n) is 6.29. The first-order chi connectivity index (χ1) is 12.8. The van der Waals surface area contributed by atoms with Crippen LogP contribution in [-0.2, 0) is 4.74 Å². The summed E-state index contributed by atoms with van der Waals surface area (Å²) in [5, 5.41) is 0. The van der Waals surface area contributed by atoms with Gasteiger partial charge in [-0.2, -0.15) is 0 Å². The zero-order valence-corrected chi connectivity index (χ0v) is 14.9. The molecule has 3 heterocycles. The first kappa shape index (κ1) is 15.5. The number of imidazole rings is 1. The summed E-state index contributed by atoms with van der Waals surface area (Å²) in [6, 6.07) is 16.0. The fourth-order valence-electron chi connectivity index (χ4n) is 3.46. The molecule has 0 aliphatic carbocycles. The quantitative estimate of drug-likeness (QED) is 0.548. The van der Waals surface area contributed by atoms with Gasteiger partial charge >= 0.3 is 0 Å². The molecule has 1 aliphatic rings. The average Bonchev–Trinajstić information content (AvgIpc) is 3.19. The Hall–Kier alpha value is -2.70. The molecule has 1 aliphatic heterocycles. The van der Waals surface area contributed by atoms with Gasteiger partial charge in [0, 0.05) is 18.8 Å². The van der Waals surface area contributed by atoms with E-state index < -0.39 is 0 Å². The van der Waals surface area contributed by atoms with Gasteiger partial charge in [0.15, 0.2) is 4.96 Å². The minimum atomic E-state index is -0.00418. The zero-order chi connectivity index (χ0) is 17.5. The van der Waals surface area contributed by atoms with Crippen molar-refractivity contribution in [3.05, 3.63) is 69.0 Å². The van der Waals surface area contributed by atoms with Crippen LogP contribution < -0.4 is 15.0 Å². The Morgan fingerprint density at radius 1 is 1.04 bits per heavy atom. The molecule has 0 unspecified atom stereocenters. The van der Waals surface area contributed by atoms with Crippen molar-refractivity contribution in [2.75, 3.05) is 31.2 Å². The summed E-state index contributed by atoms with van der Waals surface area (Å²) in [6.07, 6.45) is 1.99. The number of ether oxygens (including phenoxy) is 1. The third kappa shape index (κ3) is 2.50. The summed E-state index contributed by atoms with van der Waals surface area (Å²) >= 11 is 1.44. The Kier molecular flexibility index (Phi) is 3.72. The molecule has 1 saturated heterocycles. The normalized spacial score (nSPS) is 16.0. The highest BCUT2D eigenvalue weighted by atomic mass is 32.1. The van der Waals surface area contributed by atoms with E-state index in [1.807, 2.05) is 42.5 Å². The van der Waals surface area contributed by atoms with Crippen LogP contribution in [0.15, 0.2) is 53.3 Å². The summed E-state index contributed by atoms with van der Waals surface area (Å²) in [5.74, 6) is 0. The Bertz CT molecular complexity index is 1200. The van der Waals surface area contributed by atoms with Gasteiger partial charge in [0.2, 0.25) is 0 Å². The number of fused-ring (bicyclic) bond motifs is 3. The second-order valence-corrected chi connectivity index (χ2v) is 7.30. The smallest absolute Gasteiger partial charge is 0.274 e. The van der Waals surface area contributed by atoms with Crippen LogP contribution in [0, 0.1) is 0 Å². The van der Waals surface area contributed by atoms with Crippen molar-refractivity contribution < 1.29 is 4.74 Å². The summed E-state index contributed by atoms with van der Waals surface area (Å²) in [5.41, 5.74) is 3.92. The Balaban J connectivity index is 1.68. The second kappa shape index (κ2) is 6.23. The van der Waals surface area contributed by atoms with E-state index in [9.17, 15) is 4.79 Å². The van der Waals surface area contributed by atoms with Crippen molar-refractivity contribution in [2.45, 2.75) is 0 Å². The van der Waals surface area contributed by atoms with Gasteiger partial charge in [0.25, 0.3) is 5.56 Å². The number of morpholine rings is 1. The van der Waals surface area contributed by atoms with E-state index in [0.29, 0.717) is 4.53 Å². The van der Waals surface area contributed by atoms with Crippen molar-refractivity contribution >= 4 is 39.1 Å². The molecule has 26 heavy (non-hydrogen) atoms. The van der Waals surface area contributed by atoms with Crippen molar-refractivity contribution in [1.82, 2.24) is 9.38 Å². The van der Waals surface area contributed by atoms with Gasteiger partial charge in [-0.05, 0) is 29.8 Å². The number of hydrogen-bond donors (Lipinski definition) is 0. The molecular weight excluding hydrogens is 346 g/mol. The highest BCUT2D eigenvalue weighted by Gasteiger charge is 2.15. The lowest BCUT2D eigenvalue weighted by Gasteiger charge is -2.30. The average molecular weight is 363 g/mol. The number of para-hydroxylation sites is 3. The lowest BCUT2D eigenvalue weighted by atomic mass is 10.1. The monoisotopic (exact) mass is 363 g/mol. The lowest BCUT2D eigenvalue weighted by molar-refractivity contribution is 0.122. The zero-order valence-electron chi connectivity index (χ0n) is 14.1. The minimum absolute atomic E-state index is 0.00418. The van der Waals surface area contributed by atoms with Crippen LogP contribution in [0.5, 0.6) is 0 Å². The topological polar surface area (TPSA) is 46.8 Å². The van der Waals surface area contributed by atoms with Gasteiger partial charge in [0.05, 0.1) is 28.8 Å². The number of rotatable bonds is 2. The van der Waals surface area contributed by atoms with Crippen molar-refractivity contribution in [1.29, 1.82) is 0 Å². The van der Waals surface area contributed by atoms with Crippen molar-refractivity contribution in [3.8, 4) is 0 Å². The van der Waals surface area contributed by atoms with Gasteiger partial charge < -0.3 is 9.64 Å². The van der Waals surface area contributed by atoms with E-state index in [4.69, 9.17) is 4.74 Å². The van der Waals surface area contributed by atoms with Crippen LogP contribution in [0.3, 0.4) is 0 Å². The molecular formula is C20H17N3O2S. The molecule has 0 N–H and O–H groups in total. The number of aromatic nitrogens is 2. The molecule has 2 aromatic heterocycles. The number of hydrogen-bond acceptors (Lipinski definition) is 5. The molecule has 4 aromatic rings. The number of nitrogens with zero attached hydrogens (tertiary/aromatic N) is 3. The molecule has 0 atom stereocenters. The predicted molar refractivity (Wildman–Crippen MR) is 105 cm³/mol. The molecule has 0 amide bonds. The maximum atomic E-state index is 13.0. The van der Waals surface area contributed by atoms with Crippen LogP contribution in [-0.4, -0.2) is 35.7 Å². The summed E-state index contributed by atoms with van der Waals surface area (Å²) in [4.78, 5) is 20.6. The van der Waals surface area contributed by atoms with E-state index in [-0.39, 0.29) is 5.56 Å². The largest absolute Gasteiger partial charge is 0.378 e. The standard InChI is InChI=1S/C20H17N3O2S/c24-19-18(26-20-21-15-6-2-4-8-17(15)23(19)20)13-14-5-1-3-7-16(14)22-9-11-25-12-10-22/h1-8,13H,9-12H2/b18-13-. The molecule has 0 spiro atoms. The third-order valence-electron chi connectivity index (χ3n) is 4.72. The summed E-state index contributed by atoms with van der Waals surface area (Å²) in [7, 11) is 0. The Morgan fingerprint density at radius 3 is 2.69 bits per heavy atom. The summed E-state index contributed by atoms with van der Waals surface area (Å²) < 4.78 is 7.88. The maximum Gasteiger partial charge on any atom is 0.274 e. The fraction of sp³-hybridized carbons (Fsp3) is 0.200. The summed E-state index contributed by atoms with van der Waals surface area (Å²) in [6.45, 7) is 3.21. The van der Waals surface area contributed by atoms with Gasteiger partial charge in [0.1, 0.15) is 0 Å². The predicted octanol–water partition coefficient (Wildman–Crippen LogP) is 2.29. The number of benzene rings is 2. The maximum absolute atomic E-state index is 13.0. The molecule has 2 aromatic carbocycles. The molecule has 0 bridgehead atoms. The Morgan fingerprint density at radius 2 is 1.81 bits per heavy atom. The Labute approximate surface area is 153 Å². The van der Waals surface area contributed by atoms with Gasteiger partial charge in [-0.15, -0.1) is 0 Å². The van der Waals surface area contributed by atoms with E-state index in [0.717, 1.165) is 53.5 Å². The van der Waals surface area contributed by atoms with Gasteiger partial charge in [-0.1, -0.05) is 41.7 Å². The minimum Gasteiger partial charge on any atom is -0.378 e. The van der Waals surface area contributed by atoms with Crippen molar-refractivity contribution in [2.24, 2.45) is 0 Å². The van der Waals surface area contributed by atoms with E-state index in [2.05, 4.69) is 22.0 Å². The first-order valence-corrected chi connectivity index (χ1v) is 9.46. The molecule has 6 heteroatoms. The van der Waals surface area contributed by atoms with Gasteiger partial charge in [-0.25, -0.2) is 9.38 Å². The molecule has 130 valence electrons. The number of anilines is 1. The van der Waals surface area contributed by atoms with Gasteiger partial charge in [-0.3, -0.25) is 4.79 Å². The van der Waals surface area contributed by atoms with Crippen LogP contribution >= 0.6 is 11.3 Å². The van der Waals surface area contributed by atoms with Crippen LogP contribution in [0.25, 0.3) is 22.1 Å². The van der Waals surface area contributed by atoms with Crippen LogP contribution in [0.4, 0.5) is 5.69 Å². The third-order valence-corrected chi connectivity index (χ3v) is 5.69. The van der Waals surface area contributed by atoms with Crippen molar-refractivity contribution in [3.63, 3.8) is 0 Å². The van der Waals surface area contributed by atoms with E-state index in [1.165, 1.54) is 11.3 Å². The number of thiazole rings is 1. The molecule has 0 saturated carbocycles. The molecule has 0 radical (unpaired) electrons. The highest BCUT2D eigenvalue weighted by Crippen LogP contribution is 2.22. The van der Waals surface area contributed by atoms with Crippen LogP contribution in [0.2, 0.25) is 0 Å². The SMILES string of the molecule is O=c1/c(=C/c2ccccc2N2CCOCC2)sc2nc3ccccc3n12. The van der Waals surface area contributed by atoms with E-state index >= 15 is 0 Å². The van der Waals surface area contributed by atoms with E-state index in [1.54, 1.807) is 4.40 Å². The molecule has 1 fully saturated rings. The highest BCUT2D eigenvalue weighted by molar-refractivity contribution is 7.15. The lowest BCUT2D eigenvalue weighted by Crippen LogP contribution is -2.36. The first-order valence-electron chi connectivity index (χ1n) is 8.65. The fourth-order valence-corrected chi connectivity index (χ4v) is 4.43.